The monoisotopic (exact) mass is 444 g/mol. The number of rotatable bonds is 5. The van der Waals surface area contributed by atoms with E-state index in [4.69, 9.17) is 0 Å². The third kappa shape index (κ3) is 4.50. The number of amides is 4. The average molecular weight is 444 g/mol. The lowest BCUT2D eigenvalue weighted by molar-refractivity contribution is -0.127. The van der Waals surface area contributed by atoms with E-state index in [1.165, 1.54) is 0 Å². The zero-order valence-electron chi connectivity index (χ0n) is 18.5. The van der Waals surface area contributed by atoms with Crippen LogP contribution in [0.3, 0.4) is 0 Å². The number of phenols is 1. The zero-order valence-corrected chi connectivity index (χ0v) is 18.5. The fourth-order valence-electron chi connectivity index (χ4n) is 3.78. The molecule has 0 spiro atoms. The van der Waals surface area contributed by atoms with Crippen molar-refractivity contribution in [2.24, 2.45) is 0 Å². The van der Waals surface area contributed by atoms with Crippen molar-refractivity contribution in [2.45, 2.75) is 20.8 Å². The molecule has 1 aliphatic rings. The first-order chi connectivity index (χ1) is 15.7. The summed E-state index contributed by atoms with van der Waals surface area (Å²) in [4.78, 5) is 38.4. The number of carbonyl (C=O) groups excluding carboxylic acids is 3. The first-order valence-electron chi connectivity index (χ1n) is 10.4. The van der Waals surface area contributed by atoms with Crippen LogP contribution in [-0.4, -0.2) is 39.0 Å². The highest BCUT2D eigenvalue weighted by Crippen LogP contribution is 2.25. The minimum absolute atomic E-state index is 0.106. The highest BCUT2D eigenvalue weighted by molar-refractivity contribution is 6.16. The Morgan fingerprint density at radius 3 is 2.36 bits per heavy atom. The van der Waals surface area contributed by atoms with Crippen LogP contribution in [0, 0.1) is 20.8 Å². The summed E-state index contributed by atoms with van der Waals surface area (Å²) in [6, 6.07) is 15.3. The second-order valence-electron chi connectivity index (χ2n) is 7.97. The van der Waals surface area contributed by atoms with Gasteiger partial charge in [0.1, 0.15) is 18.0 Å². The largest absolute Gasteiger partial charge is 0.508 e. The first kappa shape index (κ1) is 21.9. The van der Waals surface area contributed by atoms with Crippen molar-refractivity contribution in [1.82, 2.24) is 14.8 Å². The molecule has 0 atom stereocenters. The highest BCUT2D eigenvalue weighted by atomic mass is 16.3. The Hall–Kier alpha value is -4.33. The summed E-state index contributed by atoms with van der Waals surface area (Å²) < 4.78 is 1.99. The molecule has 1 saturated heterocycles. The van der Waals surface area contributed by atoms with Crippen molar-refractivity contribution >= 4 is 29.6 Å². The lowest BCUT2D eigenvalue weighted by Crippen LogP contribution is -2.38. The van der Waals surface area contributed by atoms with Gasteiger partial charge < -0.3 is 20.3 Å². The molecule has 0 saturated carbocycles. The van der Waals surface area contributed by atoms with Crippen molar-refractivity contribution < 1.29 is 19.5 Å². The number of hydrogen-bond acceptors (Lipinski definition) is 4. The summed E-state index contributed by atoms with van der Waals surface area (Å²) >= 11 is 0. The minimum Gasteiger partial charge on any atom is -0.508 e. The van der Waals surface area contributed by atoms with Crippen LogP contribution in [-0.2, 0) is 9.59 Å². The molecular formula is C25H24N4O4. The Kier molecular flexibility index (Phi) is 5.74. The predicted molar refractivity (Wildman–Crippen MR) is 125 cm³/mol. The Morgan fingerprint density at radius 1 is 1.03 bits per heavy atom. The number of urea groups is 1. The number of nitrogens with one attached hydrogen (secondary N) is 2. The number of carbonyl (C=O) groups is 3. The number of aromatic hydroxyl groups is 1. The molecule has 8 nitrogen and oxygen atoms in total. The van der Waals surface area contributed by atoms with E-state index in [0.717, 1.165) is 33.1 Å². The van der Waals surface area contributed by atoms with Crippen LogP contribution in [0.1, 0.15) is 22.5 Å². The standard InChI is InChI=1S/C25H24N4O4/c1-15-4-6-19(7-5-15)26-23(31)14-28-24(32)22(27-25(28)33)13-18-12-16(2)29(17(18)3)20-8-10-21(30)11-9-20/h4-13,30H,14H2,1-3H3,(H,26,31)(H,27,33). The first-order valence-corrected chi connectivity index (χ1v) is 10.4. The number of aryl methyl sites for hydroxylation is 2. The number of benzene rings is 2. The van der Waals surface area contributed by atoms with E-state index in [0.29, 0.717) is 5.69 Å². The maximum absolute atomic E-state index is 12.8. The molecule has 2 aromatic carbocycles. The number of phenolic OH excluding ortho intramolecular Hbond substituents is 1. The van der Waals surface area contributed by atoms with Gasteiger partial charge in [0.25, 0.3) is 5.91 Å². The summed E-state index contributed by atoms with van der Waals surface area (Å²) in [6.45, 7) is 5.39. The van der Waals surface area contributed by atoms with Crippen molar-refractivity contribution in [1.29, 1.82) is 0 Å². The van der Waals surface area contributed by atoms with Gasteiger partial charge in [-0.25, -0.2) is 9.69 Å². The Morgan fingerprint density at radius 2 is 1.70 bits per heavy atom. The molecule has 3 N–H and O–H groups in total. The summed E-state index contributed by atoms with van der Waals surface area (Å²) in [5.41, 5.74) is 5.17. The molecule has 33 heavy (non-hydrogen) atoms. The third-order valence-corrected chi connectivity index (χ3v) is 5.48. The fourth-order valence-corrected chi connectivity index (χ4v) is 3.78. The second-order valence-corrected chi connectivity index (χ2v) is 7.97. The second kappa shape index (κ2) is 8.66. The van der Waals surface area contributed by atoms with E-state index in [1.807, 2.05) is 43.5 Å². The zero-order chi connectivity index (χ0) is 23.7. The molecule has 1 fully saturated rings. The SMILES string of the molecule is Cc1ccc(NC(=O)CN2C(=O)NC(=Cc3cc(C)n(-c4ccc(O)cc4)c3C)C2=O)cc1. The number of hydrogen-bond donors (Lipinski definition) is 3. The predicted octanol–water partition coefficient (Wildman–Crippen LogP) is 3.64. The lowest BCUT2D eigenvalue weighted by Gasteiger charge is -2.12. The van der Waals surface area contributed by atoms with E-state index >= 15 is 0 Å². The van der Waals surface area contributed by atoms with E-state index in [-0.39, 0.29) is 18.0 Å². The average Bonchev–Trinajstić information content (AvgIpc) is 3.20. The van der Waals surface area contributed by atoms with Crippen LogP contribution in [0.15, 0.2) is 60.3 Å². The van der Waals surface area contributed by atoms with Gasteiger partial charge in [-0.3, -0.25) is 9.59 Å². The van der Waals surface area contributed by atoms with Crippen molar-refractivity contribution in [2.75, 3.05) is 11.9 Å². The Bertz CT molecular complexity index is 1270. The van der Waals surface area contributed by atoms with Crippen LogP contribution in [0.2, 0.25) is 0 Å². The molecule has 1 aromatic heterocycles. The molecule has 0 radical (unpaired) electrons. The van der Waals surface area contributed by atoms with Gasteiger partial charge in [-0.2, -0.15) is 0 Å². The van der Waals surface area contributed by atoms with Gasteiger partial charge in [-0.1, -0.05) is 17.7 Å². The summed E-state index contributed by atoms with van der Waals surface area (Å²) in [7, 11) is 0. The Balaban J connectivity index is 1.52. The molecular weight excluding hydrogens is 420 g/mol. The van der Waals surface area contributed by atoms with Crippen molar-refractivity contribution in [3.8, 4) is 11.4 Å². The van der Waals surface area contributed by atoms with Gasteiger partial charge in [0.2, 0.25) is 5.91 Å². The molecule has 0 unspecified atom stereocenters. The smallest absolute Gasteiger partial charge is 0.329 e. The van der Waals surface area contributed by atoms with Gasteiger partial charge in [0.15, 0.2) is 0 Å². The van der Waals surface area contributed by atoms with Crippen molar-refractivity contribution in [3.05, 3.63) is 82.8 Å². The van der Waals surface area contributed by atoms with Gasteiger partial charge >= 0.3 is 6.03 Å². The quantitative estimate of drug-likeness (QED) is 0.413. The maximum Gasteiger partial charge on any atom is 0.329 e. The van der Waals surface area contributed by atoms with E-state index in [9.17, 15) is 19.5 Å². The number of aromatic nitrogens is 1. The molecule has 1 aliphatic heterocycles. The molecule has 8 heteroatoms. The molecule has 0 bridgehead atoms. The maximum atomic E-state index is 12.8. The van der Waals surface area contributed by atoms with Crippen LogP contribution in [0.4, 0.5) is 10.5 Å². The fraction of sp³-hybridized carbons (Fsp3) is 0.160. The van der Waals surface area contributed by atoms with E-state index in [2.05, 4.69) is 10.6 Å². The molecule has 3 aromatic rings. The van der Waals surface area contributed by atoms with Gasteiger partial charge in [0.05, 0.1) is 0 Å². The van der Waals surface area contributed by atoms with Crippen LogP contribution in [0.25, 0.3) is 11.8 Å². The van der Waals surface area contributed by atoms with Gasteiger partial charge in [-0.15, -0.1) is 0 Å². The minimum atomic E-state index is -0.641. The van der Waals surface area contributed by atoms with Crippen LogP contribution in [0.5, 0.6) is 5.75 Å². The molecule has 4 rings (SSSR count). The van der Waals surface area contributed by atoms with Crippen molar-refractivity contribution in [3.63, 3.8) is 0 Å². The summed E-state index contributed by atoms with van der Waals surface area (Å²) in [6.07, 6.45) is 1.61. The number of anilines is 1. The van der Waals surface area contributed by atoms with E-state index < -0.39 is 17.8 Å². The highest BCUT2D eigenvalue weighted by Gasteiger charge is 2.35. The molecule has 168 valence electrons. The Labute approximate surface area is 191 Å². The number of nitrogens with zero attached hydrogens (tertiary/aromatic N) is 2. The van der Waals surface area contributed by atoms with Crippen LogP contribution < -0.4 is 10.6 Å². The summed E-state index contributed by atoms with van der Waals surface area (Å²) in [5.74, 6) is -0.850. The molecule has 4 amide bonds. The van der Waals surface area contributed by atoms with Crippen LogP contribution >= 0.6 is 0 Å². The molecule has 2 heterocycles. The van der Waals surface area contributed by atoms with Gasteiger partial charge in [0, 0.05) is 22.8 Å². The lowest BCUT2D eigenvalue weighted by atomic mass is 10.2. The van der Waals surface area contributed by atoms with E-state index in [1.54, 1.807) is 42.5 Å². The topological polar surface area (TPSA) is 104 Å². The summed E-state index contributed by atoms with van der Waals surface area (Å²) in [5, 5.41) is 14.8. The number of imide groups is 1. The molecule has 0 aliphatic carbocycles. The van der Waals surface area contributed by atoms with Gasteiger partial charge in [-0.05, 0) is 74.9 Å². The normalized spacial score (nSPS) is 14.6. The third-order valence-electron chi connectivity index (χ3n) is 5.48.